The summed E-state index contributed by atoms with van der Waals surface area (Å²) >= 11 is 12.2. The molecule has 0 aliphatic rings. The predicted molar refractivity (Wildman–Crippen MR) is 102 cm³/mol. The second-order valence-corrected chi connectivity index (χ2v) is 6.78. The van der Waals surface area contributed by atoms with Crippen LogP contribution in [0, 0.1) is 0 Å². The van der Waals surface area contributed by atoms with Gasteiger partial charge in [-0.15, -0.1) is 0 Å². The van der Waals surface area contributed by atoms with E-state index in [4.69, 9.17) is 27.9 Å². The summed E-state index contributed by atoms with van der Waals surface area (Å²) in [5, 5.41) is 4.26. The fourth-order valence-electron chi connectivity index (χ4n) is 2.65. The molecule has 0 aliphatic carbocycles. The normalized spacial score (nSPS) is 12.1. The molecule has 134 valence electrons. The lowest BCUT2D eigenvalue weighted by atomic mass is 10.1. The van der Waals surface area contributed by atoms with Crippen LogP contribution in [0.2, 0.25) is 10.0 Å². The number of nitrogens with one attached hydrogen (secondary N) is 1. The topological polar surface area (TPSA) is 41.6 Å². The highest BCUT2D eigenvalue weighted by molar-refractivity contribution is 6.31. The first-order valence-electron chi connectivity index (χ1n) is 7.95. The molecule has 1 atom stereocenters. The molecule has 1 N–H and O–H groups in total. The Bertz CT molecular complexity index is 737. The smallest absolute Gasteiger partial charge is 0.234 e. The summed E-state index contributed by atoms with van der Waals surface area (Å²) in [5.74, 6) is 0.678. The Balaban J connectivity index is 1.94. The van der Waals surface area contributed by atoms with Crippen LogP contribution in [0.5, 0.6) is 5.75 Å². The minimum absolute atomic E-state index is 0.0732. The van der Waals surface area contributed by atoms with Gasteiger partial charge in [-0.1, -0.05) is 41.4 Å². The molecule has 2 rings (SSSR count). The summed E-state index contributed by atoms with van der Waals surface area (Å²) in [5.41, 5.74) is 1.83. The molecule has 25 heavy (non-hydrogen) atoms. The standard InChI is InChI=1S/C19H22Cl2N2O2/c1-13(16-6-4-5-7-17(16)21)22-19(24)12-23(2)11-14-10-15(20)8-9-18(14)25-3/h4-10,13H,11-12H2,1-3H3,(H,22,24)/t13-/m1/s1. The molecule has 1 amide bonds. The monoisotopic (exact) mass is 380 g/mol. The predicted octanol–water partition coefficient (Wildman–Crippen LogP) is 4.31. The van der Waals surface area contributed by atoms with Gasteiger partial charge in [-0.3, -0.25) is 9.69 Å². The van der Waals surface area contributed by atoms with E-state index in [9.17, 15) is 4.79 Å². The zero-order chi connectivity index (χ0) is 18.4. The first-order valence-corrected chi connectivity index (χ1v) is 8.71. The number of amides is 1. The van der Waals surface area contributed by atoms with Crippen LogP contribution in [0.15, 0.2) is 42.5 Å². The number of hydrogen-bond acceptors (Lipinski definition) is 3. The molecule has 0 aromatic heterocycles. The van der Waals surface area contributed by atoms with Crippen LogP contribution >= 0.6 is 23.2 Å². The highest BCUT2D eigenvalue weighted by atomic mass is 35.5. The van der Waals surface area contributed by atoms with Crippen LogP contribution in [0.3, 0.4) is 0 Å². The quantitative estimate of drug-likeness (QED) is 0.777. The van der Waals surface area contributed by atoms with Crippen molar-refractivity contribution >= 4 is 29.1 Å². The number of benzene rings is 2. The minimum atomic E-state index is -0.157. The van der Waals surface area contributed by atoms with E-state index in [2.05, 4.69) is 5.32 Å². The molecule has 6 heteroatoms. The maximum Gasteiger partial charge on any atom is 0.234 e. The van der Waals surface area contributed by atoms with E-state index >= 15 is 0 Å². The van der Waals surface area contributed by atoms with Crippen LogP contribution in [-0.2, 0) is 11.3 Å². The number of methoxy groups -OCH3 is 1. The molecule has 2 aromatic rings. The summed E-state index contributed by atoms with van der Waals surface area (Å²) in [7, 11) is 3.49. The zero-order valence-electron chi connectivity index (χ0n) is 14.6. The van der Waals surface area contributed by atoms with Crippen LogP contribution in [-0.4, -0.2) is 31.5 Å². The number of carbonyl (C=O) groups excluding carboxylic acids is 1. The van der Waals surface area contributed by atoms with Crippen molar-refractivity contribution in [2.24, 2.45) is 0 Å². The SMILES string of the molecule is COc1ccc(Cl)cc1CN(C)CC(=O)N[C@H](C)c1ccccc1Cl. The third-order valence-electron chi connectivity index (χ3n) is 3.85. The summed E-state index contributed by atoms with van der Waals surface area (Å²) < 4.78 is 5.34. The van der Waals surface area contributed by atoms with Crippen LogP contribution in [0.25, 0.3) is 0 Å². The average molecular weight is 381 g/mol. The van der Waals surface area contributed by atoms with Gasteiger partial charge in [0, 0.05) is 22.2 Å². The van der Waals surface area contributed by atoms with Gasteiger partial charge < -0.3 is 10.1 Å². The Labute approximate surface area is 158 Å². The Morgan fingerprint density at radius 3 is 2.64 bits per heavy atom. The molecular weight excluding hydrogens is 359 g/mol. The molecule has 0 unspecified atom stereocenters. The van der Waals surface area contributed by atoms with Gasteiger partial charge in [-0.05, 0) is 43.8 Å². The van der Waals surface area contributed by atoms with Crippen LogP contribution in [0.4, 0.5) is 0 Å². The van der Waals surface area contributed by atoms with Crippen molar-refractivity contribution in [3.63, 3.8) is 0 Å². The van der Waals surface area contributed by atoms with E-state index < -0.39 is 0 Å². The minimum Gasteiger partial charge on any atom is -0.496 e. The van der Waals surface area contributed by atoms with Gasteiger partial charge in [0.25, 0.3) is 0 Å². The fraction of sp³-hybridized carbons (Fsp3) is 0.316. The van der Waals surface area contributed by atoms with Gasteiger partial charge >= 0.3 is 0 Å². The molecule has 0 fully saturated rings. The molecule has 0 bridgehead atoms. The first kappa shape index (κ1) is 19.6. The molecule has 0 spiro atoms. The maximum atomic E-state index is 12.3. The second-order valence-electron chi connectivity index (χ2n) is 5.94. The van der Waals surface area contributed by atoms with Gasteiger partial charge in [0.15, 0.2) is 0 Å². The summed E-state index contributed by atoms with van der Waals surface area (Å²) in [6.07, 6.45) is 0. The number of ether oxygens (including phenoxy) is 1. The Morgan fingerprint density at radius 1 is 1.24 bits per heavy atom. The van der Waals surface area contributed by atoms with Gasteiger partial charge in [0.1, 0.15) is 5.75 Å². The third-order valence-corrected chi connectivity index (χ3v) is 4.42. The Hall–Kier alpha value is -1.75. The van der Waals surface area contributed by atoms with Crippen LogP contribution in [0.1, 0.15) is 24.1 Å². The number of likely N-dealkylation sites (N-methyl/N-ethyl adjacent to an activating group) is 1. The van der Waals surface area contributed by atoms with Crippen molar-refractivity contribution in [1.82, 2.24) is 10.2 Å². The lowest BCUT2D eigenvalue weighted by molar-refractivity contribution is -0.122. The van der Waals surface area contributed by atoms with E-state index in [0.717, 1.165) is 16.9 Å². The van der Waals surface area contributed by atoms with Crippen molar-refractivity contribution in [2.45, 2.75) is 19.5 Å². The molecule has 4 nitrogen and oxygen atoms in total. The van der Waals surface area contributed by atoms with E-state index in [1.165, 1.54) is 0 Å². The largest absolute Gasteiger partial charge is 0.496 e. The van der Waals surface area contributed by atoms with E-state index in [1.807, 2.05) is 55.3 Å². The molecule has 0 saturated heterocycles. The van der Waals surface area contributed by atoms with Gasteiger partial charge in [-0.2, -0.15) is 0 Å². The first-order chi connectivity index (χ1) is 11.9. The third kappa shape index (κ3) is 5.63. The Morgan fingerprint density at radius 2 is 1.96 bits per heavy atom. The van der Waals surface area contributed by atoms with Gasteiger partial charge in [0.2, 0.25) is 5.91 Å². The van der Waals surface area contributed by atoms with E-state index in [-0.39, 0.29) is 18.5 Å². The lowest BCUT2D eigenvalue weighted by Crippen LogP contribution is -2.36. The maximum absolute atomic E-state index is 12.3. The van der Waals surface area contributed by atoms with Crippen LogP contribution < -0.4 is 10.1 Å². The Kier molecular flexibility index (Phi) is 7.12. The van der Waals surface area contributed by atoms with Gasteiger partial charge in [0.05, 0.1) is 19.7 Å². The molecular formula is C19H22Cl2N2O2. The summed E-state index contributed by atoms with van der Waals surface area (Å²) in [6, 6.07) is 12.8. The number of rotatable bonds is 7. The number of halogens is 2. The molecule has 0 saturated carbocycles. The molecule has 0 heterocycles. The summed E-state index contributed by atoms with van der Waals surface area (Å²) in [6.45, 7) is 2.72. The average Bonchev–Trinajstić information content (AvgIpc) is 2.55. The molecule has 0 radical (unpaired) electrons. The van der Waals surface area contributed by atoms with Crippen molar-refractivity contribution in [3.8, 4) is 5.75 Å². The number of hydrogen-bond donors (Lipinski definition) is 1. The molecule has 0 aliphatic heterocycles. The van der Waals surface area contributed by atoms with Crippen molar-refractivity contribution in [1.29, 1.82) is 0 Å². The van der Waals surface area contributed by atoms with Crippen molar-refractivity contribution in [2.75, 3.05) is 20.7 Å². The fourth-order valence-corrected chi connectivity index (χ4v) is 3.15. The second kappa shape index (κ2) is 9.09. The molecule has 2 aromatic carbocycles. The number of carbonyl (C=O) groups is 1. The number of nitrogens with zero attached hydrogens (tertiary/aromatic N) is 1. The highest BCUT2D eigenvalue weighted by Crippen LogP contribution is 2.24. The van der Waals surface area contributed by atoms with E-state index in [1.54, 1.807) is 13.2 Å². The highest BCUT2D eigenvalue weighted by Gasteiger charge is 2.15. The van der Waals surface area contributed by atoms with E-state index in [0.29, 0.717) is 16.6 Å². The van der Waals surface area contributed by atoms with Crippen molar-refractivity contribution < 1.29 is 9.53 Å². The van der Waals surface area contributed by atoms with Crippen molar-refractivity contribution in [3.05, 3.63) is 63.6 Å². The van der Waals surface area contributed by atoms with Gasteiger partial charge in [-0.25, -0.2) is 0 Å². The summed E-state index contributed by atoms with van der Waals surface area (Å²) in [4.78, 5) is 14.2. The lowest BCUT2D eigenvalue weighted by Gasteiger charge is -2.20. The zero-order valence-corrected chi connectivity index (χ0v) is 16.1.